The van der Waals surface area contributed by atoms with Gasteiger partial charge in [0.25, 0.3) is 0 Å². The fourth-order valence-corrected chi connectivity index (χ4v) is 1.98. The van der Waals surface area contributed by atoms with Crippen LogP contribution in [0.2, 0.25) is 0 Å². The van der Waals surface area contributed by atoms with Crippen LogP contribution < -0.4 is 0 Å². The number of carbonyl (C=O) groups excluding carboxylic acids is 1. The summed E-state index contributed by atoms with van der Waals surface area (Å²) in [5.41, 5.74) is 0.990. The monoisotopic (exact) mass is 273 g/mol. The number of hydrogen-bond acceptors (Lipinski definition) is 4. The molecule has 0 aliphatic carbocycles. The lowest BCUT2D eigenvalue weighted by Gasteiger charge is -1.99. The summed E-state index contributed by atoms with van der Waals surface area (Å²) in [4.78, 5) is 15.2. The molecule has 1 aromatic carbocycles. The van der Waals surface area contributed by atoms with E-state index in [2.05, 4.69) is 9.72 Å². The molecule has 0 saturated carbocycles. The van der Waals surface area contributed by atoms with Crippen molar-refractivity contribution in [3.05, 3.63) is 42.3 Å². The Labute approximate surface area is 118 Å². The second kappa shape index (κ2) is 7.48. The fourth-order valence-electron chi connectivity index (χ4n) is 1.98. The smallest absolute Gasteiger partial charge is 0.305 e. The highest BCUT2D eigenvalue weighted by molar-refractivity contribution is 5.68. The molecule has 4 nitrogen and oxygen atoms in total. The molecule has 0 N–H and O–H groups in total. The number of aromatic nitrogens is 1. The summed E-state index contributed by atoms with van der Waals surface area (Å²) < 4.78 is 10.3. The van der Waals surface area contributed by atoms with Crippen molar-refractivity contribution in [3.63, 3.8) is 0 Å². The van der Waals surface area contributed by atoms with E-state index in [1.807, 2.05) is 30.3 Å². The summed E-state index contributed by atoms with van der Waals surface area (Å²) >= 11 is 0. The molecule has 1 aromatic heterocycles. The zero-order valence-electron chi connectivity index (χ0n) is 11.7. The molecule has 0 aliphatic heterocycles. The van der Waals surface area contributed by atoms with Gasteiger partial charge in [0.05, 0.1) is 13.3 Å². The molecule has 0 saturated heterocycles. The number of carbonyl (C=O) groups is 1. The van der Waals surface area contributed by atoms with Crippen molar-refractivity contribution in [1.29, 1.82) is 0 Å². The second-order valence-corrected chi connectivity index (χ2v) is 4.63. The maximum Gasteiger partial charge on any atom is 0.305 e. The highest BCUT2D eigenvalue weighted by Crippen LogP contribution is 2.19. The number of nitrogens with zero attached hydrogens (tertiary/aromatic N) is 1. The van der Waals surface area contributed by atoms with Crippen molar-refractivity contribution < 1.29 is 13.9 Å². The summed E-state index contributed by atoms with van der Waals surface area (Å²) in [6.45, 7) is 0. The number of benzene rings is 1. The van der Waals surface area contributed by atoms with Crippen molar-refractivity contribution >= 4 is 5.97 Å². The fraction of sp³-hybridized carbons (Fsp3) is 0.375. The zero-order chi connectivity index (χ0) is 14.2. The molecule has 0 fully saturated rings. The third-order valence-corrected chi connectivity index (χ3v) is 3.11. The van der Waals surface area contributed by atoms with Gasteiger partial charge in [-0.2, -0.15) is 0 Å². The highest BCUT2D eigenvalue weighted by Gasteiger charge is 2.06. The average Bonchev–Trinajstić information content (AvgIpc) is 2.96. The molecular formula is C16H19NO3. The first-order valence-corrected chi connectivity index (χ1v) is 6.86. The van der Waals surface area contributed by atoms with Crippen LogP contribution in [0, 0.1) is 0 Å². The van der Waals surface area contributed by atoms with E-state index < -0.39 is 0 Å². The number of aryl methyl sites for hydroxylation is 1. The van der Waals surface area contributed by atoms with Crippen molar-refractivity contribution in [2.24, 2.45) is 0 Å². The Kier molecular flexibility index (Phi) is 5.35. The van der Waals surface area contributed by atoms with E-state index in [4.69, 9.17) is 4.42 Å². The predicted molar refractivity (Wildman–Crippen MR) is 76.1 cm³/mol. The lowest BCUT2D eigenvalue weighted by molar-refractivity contribution is -0.140. The molecule has 0 aliphatic rings. The molecule has 0 spiro atoms. The number of esters is 1. The van der Waals surface area contributed by atoms with E-state index >= 15 is 0 Å². The van der Waals surface area contributed by atoms with Gasteiger partial charge in [0, 0.05) is 18.4 Å². The molecule has 20 heavy (non-hydrogen) atoms. The molecule has 0 bridgehead atoms. The van der Waals surface area contributed by atoms with Gasteiger partial charge in [0.15, 0.2) is 0 Å². The number of oxazole rings is 1. The van der Waals surface area contributed by atoms with Crippen molar-refractivity contribution in [3.8, 4) is 11.5 Å². The van der Waals surface area contributed by atoms with Gasteiger partial charge >= 0.3 is 5.97 Å². The number of hydrogen-bond donors (Lipinski definition) is 0. The molecule has 106 valence electrons. The quantitative estimate of drug-likeness (QED) is 0.571. The molecule has 0 amide bonds. The SMILES string of the molecule is COC(=O)CCCCCc1cnc(-c2ccccc2)o1. The maximum absolute atomic E-state index is 11.0. The van der Waals surface area contributed by atoms with E-state index in [9.17, 15) is 4.79 Å². The lowest BCUT2D eigenvalue weighted by atomic mass is 10.1. The van der Waals surface area contributed by atoms with Crippen LogP contribution in [0.3, 0.4) is 0 Å². The van der Waals surface area contributed by atoms with Gasteiger partial charge in [-0.15, -0.1) is 0 Å². The van der Waals surface area contributed by atoms with Crippen LogP contribution in [-0.2, 0) is 16.0 Å². The van der Waals surface area contributed by atoms with Crippen LogP contribution in [0.25, 0.3) is 11.5 Å². The molecule has 0 unspecified atom stereocenters. The lowest BCUT2D eigenvalue weighted by Crippen LogP contribution is -1.99. The normalized spacial score (nSPS) is 10.4. The summed E-state index contributed by atoms with van der Waals surface area (Å²) in [5.74, 6) is 1.41. The van der Waals surface area contributed by atoms with E-state index in [0.29, 0.717) is 12.3 Å². The summed E-state index contributed by atoms with van der Waals surface area (Å²) in [5, 5.41) is 0. The van der Waals surface area contributed by atoms with Crippen LogP contribution in [0.1, 0.15) is 31.4 Å². The Balaban J connectivity index is 1.75. The Morgan fingerprint density at radius 1 is 1.20 bits per heavy atom. The molecule has 0 atom stereocenters. The largest absolute Gasteiger partial charge is 0.469 e. The Hall–Kier alpha value is -2.10. The van der Waals surface area contributed by atoms with Gasteiger partial charge in [-0.05, 0) is 25.0 Å². The third-order valence-electron chi connectivity index (χ3n) is 3.11. The minimum Gasteiger partial charge on any atom is -0.469 e. The van der Waals surface area contributed by atoms with Gasteiger partial charge in [-0.1, -0.05) is 24.6 Å². The van der Waals surface area contributed by atoms with Gasteiger partial charge in [0.2, 0.25) is 5.89 Å². The van der Waals surface area contributed by atoms with Crippen molar-refractivity contribution in [2.75, 3.05) is 7.11 Å². The van der Waals surface area contributed by atoms with E-state index in [1.165, 1.54) is 7.11 Å². The number of unbranched alkanes of at least 4 members (excludes halogenated alkanes) is 2. The Morgan fingerprint density at radius 2 is 2.00 bits per heavy atom. The Morgan fingerprint density at radius 3 is 2.75 bits per heavy atom. The maximum atomic E-state index is 11.0. The van der Waals surface area contributed by atoms with Crippen LogP contribution in [-0.4, -0.2) is 18.1 Å². The third kappa shape index (κ3) is 4.23. The number of methoxy groups -OCH3 is 1. The zero-order valence-corrected chi connectivity index (χ0v) is 11.7. The van der Waals surface area contributed by atoms with E-state index in [0.717, 1.165) is 37.0 Å². The highest BCUT2D eigenvalue weighted by atomic mass is 16.5. The standard InChI is InChI=1S/C16H19NO3/c1-19-15(18)11-7-3-6-10-14-12-17-16(20-14)13-8-4-2-5-9-13/h2,4-5,8-9,12H,3,6-7,10-11H2,1H3. The van der Waals surface area contributed by atoms with Gasteiger partial charge < -0.3 is 9.15 Å². The minimum atomic E-state index is -0.143. The Bertz CT molecular complexity index is 534. The first kappa shape index (κ1) is 14.3. The second-order valence-electron chi connectivity index (χ2n) is 4.63. The van der Waals surface area contributed by atoms with E-state index in [1.54, 1.807) is 6.20 Å². The van der Waals surface area contributed by atoms with Gasteiger partial charge in [0.1, 0.15) is 5.76 Å². The van der Waals surface area contributed by atoms with Crippen molar-refractivity contribution in [1.82, 2.24) is 4.98 Å². The van der Waals surface area contributed by atoms with Crippen molar-refractivity contribution in [2.45, 2.75) is 32.1 Å². The molecule has 2 rings (SSSR count). The van der Waals surface area contributed by atoms with Crippen LogP contribution in [0.4, 0.5) is 0 Å². The predicted octanol–water partition coefficient (Wildman–Crippen LogP) is 3.62. The minimum absolute atomic E-state index is 0.143. The molecule has 2 aromatic rings. The molecular weight excluding hydrogens is 254 g/mol. The molecule has 4 heteroatoms. The summed E-state index contributed by atoms with van der Waals surface area (Å²) in [6.07, 6.45) is 5.94. The number of ether oxygens (including phenoxy) is 1. The molecule has 1 heterocycles. The van der Waals surface area contributed by atoms with Crippen LogP contribution in [0.15, 0.2) is 40.9 Å². The summed E-state index contributed by atoms with van der Waals surface area (Å²) in [6, 6.07) is 9.85. The first-order valence-electron chi connectivity index (χ1n) is 6.86. The van der Waals surface area contributed by atoms with Gasteiger partial charge in [-0.25, -0.2) is 4.98 Å². The molecule has 0 radical (unpaired) electrons. The average molecular weight is 273 g/mol. The van der Waals surface area contributed by atoms with E-state index in [-0.39, 0.29) is 5.97 Å². The van der Waals surface area contributed by atoms with Gasteiger partial charge in [-0.3, -0.25) is 4.79 Å². The summed E-state index contributed by atoms with van der Waals surface area (Å²) in [7, 11) is 1.42. The topological polar surface area (TPSA) is 52.3 Å². The van der Waals surface area contributed by atoms with Crippen LogP contribution in [0.5, 0.6) is 0 Å². The first-order chi connectivity index (χ1) is 9.79. The number of rotatable bonds is 7. The van der Waals surface area contributed by atoms with Crippen LogP contribution >= 0.6 is 0 Å².